The van der Waals surface area contributed by atoms with Gasteiger partial charge in [-0.2, -0.15) is 0 Å². The van der Waals surface area contributed by atoms with Crippen molar-refractivity contribution in [3.63, 3.8) is 0 Å². The molecule has 0 fully saturated rings. The maximum absolute atomic E-state index is 10.7. The largest absolute Gasteiger partial charge is 0.298 e. The Morgan fingerprint density at radius 3 is 2.30 bits per heavy atom. The summed E-state index contributed by atoms with van der Waals surface area (Å²) in [6, 6.07) is 10.4. The van der Waals surface area contributed by atoms with Crippen molar-refractivity contribution < 1.29 is 4.79 Å². The fraction of sp³-hybridized carbons (Fsp3) is 0.294. The third kappa shape index (κ3) is 3.48. The molecule has 0 aliphatic carbocycles. The first-order valence-corrected chi connectivity index (χ1v) is 7.42. The number of aromatic nitrogens is 1. The summed E-state index contributed by atoms with van der Waals surface area (Å²) in [5.41, 5.74) is 3.14. The average Bonchev–Trinajstić information content (AvgIpc) is 2.40. The van der Waals surface area contributed by atoms with Crippen molar-refractivity contribution in [2.75, 3.05) is 0 Å². The molecule has 1 aromatic heterocycles. The molecule has 0 atom stereocenters. The van der Waals surface area contributed by atoms with Crippen LogP contribution >= 0.6 is 11.8 Å². The minimum absolute atomic E-state index is 0.170. The Morgan fingerprint density at radius 1 is 1.15 bits per heavy atom. The predicted octanol–water partition coefficient (Wildman–Crippen LogP) is 4.65. The fourth-order valence-electron chi connectivity index (χ4n) is 1.89. The van der Waals surface area contributed by atoms with Gasteiger partial charge in [-0.15, -0.1) is 0 Å². The van der Waals surface area contributed by atoms with E-state index in [4.69, 9.17) is 0 Å². The molecule has 2 rings (SSSR count). The van der Waals surface area contributed by atoms with E-state index in [-0.39, 0.29) is 5.41 Å². The number of pyridine rings is 1. The van der Waals surface area contributed by atoms with Crippen LogP contribution in [0, 0.1) is 6.92 Å². The first-order chi connectivity index (χ1) is 9.40. The van der Waals surface area contributed by atoms with E-state index >= 15 is 0 Å². The molecule has 0 N–H and O–H groups in total. The summed E-state index contributed by atoms with van der Waals surface area (Å²) in [6.07, 6.45) is 2.44. The Labute approximate surface area is 124 Å². The molecule has 20 heavy (non-hydrogen) atoms. The molecule has 0 saturated heterocycles. The van der Waals surface area contributed by atoms with Gasteiger partial charge in [0.25, 0.3) is 0 Å². The summed E-state index contributed by atoms with van der Waals surface area (Å²) in [5.74, 6) is 0. The molecule has 1 aromatic carbocycles. The van der Waals surface area contributed by atoms with Gasteiger partial charge in [-0.05, 0) is 41.7 Å². The van der Waals surface area contributed by atoms with E-state index in [9.17, 15) is 4.79 Å². The maximum atomic E-state index is 10.7. The zero-order valence-electron chi connectivity index (χ0n) is 12.3. The van der Waals surface area contributed by atoms with Crippen molar-refractivity contribution in [3.8, 4) is 0 Å². The van der Waals surface area contributed by atoms with E-state index in [2.05, 4.69) is 50.0 Å². The molecule has 0 radical (unpaired) electrons. The van der Waals surface area contributed by atoms with Gasteiger partial charge in [-0.3, -0.25) is 4.79 Å². The molecule has 0 spiro atoms. The van der Waals surface area contributed by atoms with Crippen LogP contribution in [0.1, 0.15) is 42.3 Å². The van der Waals surface area contributed by atoms with Gasteiger partial charge in [0.15, 0.2) is 6.29 Å². The summed E-state index contributed by atoms with van der Waals surface area (Å²) in [6.45, 7) is 8.60. The highest BCUT2D eigenvalue weighted by molar-refractivity contribution is 7.99. The van der Waals surface area contributed by atoms with Gasteiger partial charge in [-0.25, -0.2) is 4.98 Å². The third-order valence-electron chi connectivity index (χ3n) is 3.12. The second-order valence-electron chi connectivity index (χ2n) is 5.88. The van der Waals surface area contributed by atoms with E-state index in [1.54, 1.807) is 18.0 Å². The predicted molar refractivity (Wildman–Crippen MR) is 83.6 cm³/mol. The average molecular weight is 285 g/mol. The molecule has 0 bridgehead atoms. The Bertz CT molecular complexity index is 612. The molecule has 0 amide bonds. The van der Waals surface area contributed by atoms with E-state index in [1.807, 2.05) is 13.0 Å². The second kappa shape index (κ2) is 5.80. The summed E-state index contributed by atoms with van der Waals surface area (Å²) in [4.78, 5) is 16.2. The van der Waals surface area contributed by atoms with Crippen LogP contribution < -0.4 is 0 Å². The van der Waals surface area contributed by atoms with Gasteiger partial charge in [0.05, 0.1) is 0 Å². The lowest BCUT2D eigenvalue weighted by molar-refractivity contribution is 0.112. The molecule has 1 heterocycles. The summed E-state index contributed by atoms with van der Waals surface area (Å²) < 4.78 is 0. The Morgan fingerprint density at radius 2 is 1.80 bits per heavy atom. The monoisotopic (exact) mass is 285 g/mol. The summed E-state index contributed by atoms with van der Waals surface area (Å²) >= 11 is 1.63. The minimum atomic E-state index is 0.170. The van der Waals surface area contributed by atoms with Crippen LogP contribution in [0.3, 0.4) is 0 Å². The Kier molecular flexibility index (Phi) is 4.29. The van der Waals surface area contributed by atoms with Crippen molar-refractivity contribution in [2.45, 2.75) is 43.0 Å². The van der Waals surface area contributed by atoms with Crippen LogP contribution in [-0.2, 0) is 5.41 Å². The van der Waals surface area contributed by atoms with Crippen LogP contribution in [0.4, 0.5) is 0 Å². The van der Waals surface area contributed by atoms with Gasteiger partial charge in [0.1, 0.15) is 5.03 Å². The number of benzene rings is 1. The van der Waals surface area contributed by atoms with E-state index in [1.165, 1.54) is 5.56 Å². The van der Waals surface area contributed by atoms with Crippen LogP contribution in [0.5, 0.6) is 0 Å². The van der Waals surface area contributed by atoms with Gasteiger partial charge in [0, 0.05) is 16.7 Å². The standard InChI is InChI=1S/C17H19NOS/c1-12-9-13(11-19)10-18-16(12)20-15-7-5-14(6-8-15)17(2,3)4/h5-11H,1-4H3. The number of nitrogens with zero attached hydrogens (tertiary/aromatic N) is 1. The second-order valence-corrected chi connectivity index (χ2v) is 6.95. The molecule has 3 heteroatoms. The number of rotatable bonds is 3. The van der Waals surface area contributed by atoms with Crippen LogP contribution in [0.2, 0.25) is 0 Å². The van der Waals surface area contributed by atoms with Crippen molar-refractivity contribution in [3.05, 3.63) is 53.2 Å². The van der Waals surface area contributed by atoms with Crippen LogP contribution in [0.15, 0.2) is 46.5 Å². The molecule has 0 saturated carbocycles. The van der Waals surface area contributed by atoms with Crippen molar-refractivity contribution in [1.29, 1.82) is 0 Å². The molecular formula is C17H19NOS. The number of aldehydes is 1. The number of aryl methyl sites for hydroxylation is 1. The van der Waals surface area contributed by atoms with Crippen LogP contribution in [-0.4, -0.2) is 11.3 Å². The van der Waals surface area contributed by atoms with Crippen LogP contribution in [0.25, 0.3) is 0 Å². The highest BCUT2D eigenvalue weighted by Gasteiger charge is 2.13. The first-order valence-electron chi connectivity index (χ1n) is 6.60. The molecular weight excluding hydrogens is 266 g/mol. The van der Waals surface area contributed by atoms with Crippen molar-refractivity contribution in [2.24, 2.45) is 0 Å². The van der Waals surface area contributed by atoms with E-state index in [0.717, 1.165) is 21.8 Å². The third-order valence-corrected chi connectivity index (χ3v) is 4.25. The molecule has 0 aliphatic rings. The smallest absolute Gasteiger partial charge is 0.151 e. The molecule has 2 nitrogen and oxygen atoms in total. The van der Waals surface area contributed by atoms with E-state index < -0.39 is 0 Å². The SMILES string of the molecule is Cc1cc(C=O)cnc1Sc1ccc(C(C)(C)C)cc1. The fourth-order valence-corrected chi connectivity index (χ4v) is 2.71. The first kappa shape index (κ1) is 14.8. The summed E-state index contributed by atoms with van der Waals surface area (Å²) in [7, 11) is 0. The molecule has 104 valence electrons. The van der Waals surface area contributed by atoms with Gasteiger partial charge in [0.2, 0.25) is 0 Å². The number of hydrogen-bond acceptors (Lipinski definition) is 3. The Hall–Kier alpha value is -1.61. The topological polar surface area (TPSA) is 30.0 Å². The lowest BCUT2D eigenvalue weighted by atomic mass is 9.87. The lowest BCUT2D eigenvalue weighted by Gasteiger charge is -2.19. The van der Waals surface area contributed by atoms with Gasteiger partial charge in [-0.1, -0.05) is 44.7 Å². The number of hydrogen-bond donors (Lipinski definition) is 0. The van der Waals surface area contributed by atoms with Gasteiger partial charge >= 0.3 is 0 Å². The maximum Gasteiger partial charge on any atom is 0.151 e. The van der Waals surface area contributed by atoms with Crippen molar-refractivity contribution in [1.82, 2.24) is 4.98 Å². The zero-order chi connectivity index (χ0) is 14.8. The summed E-state index contributed by atoms with van der Waals surface area (Å²) in [5, 5.41) is 0.944. The number of carbonyl (C=O) groups excluding carboxylic acids is 1. The molecule has 0 aliphatic heterocycles. The number of carbonyl (C=O) groups is 1. The zero-order valence-corrected chi connectivity index (χ0v) is 13.1. The quantitative estimate of drug-likeness (QED) is 0.769. The van der Waals surface area contributed by atoms with Crippen molar-refractivity contribution >= 4 is 18.0 Å². The Balaban J connectivity index is 2.20. The van der Waals surface area contributed by atoms with E-state index in [0.29, 0.717) is 5.56 Å². The molecule has 0 unspecified atom stereocenters. The highest BCUT2D eigenvalue weighted by Crippen LogP contribution is 2.30. The minimum Gasteiger partial charge on any atom is -0.298 e. The normalized spacial score (nSPS) is 11.4. The lowest BCUT2D eigenvalue weighted by Crippen LogP contribution is -2.10. The molecule has 2 aromatic rings. The van der Waals surface area contributed by atoms with Gasteiger partial charge < -0.3 is 0 Å². The highest BCUT2D eigenvalue weighted by atomic mass is 32.2.